The molecule has 0 atom stereocenters. The van der Waals surface area contributed by atoms with Gasteiger partial charge in [-0.2, -0.15) is 36.3 Å². The first-order chi connectivity index (χ1) is 22.3. The van der Waals surface area contributed by atoms with Gasteiger partial charge < -0.3 is 28.9 Å². The summed E-state index contributed by atoms with van der Waals surface area (Å²) in [5.41, 5.74) is -0.0565. The van der Waals surface area contributed by atoms with Gasteiger partial charge in [-0.15, -0.1) is 0 Å². The van der Waals surface area contributed by atoms with Crippen molar-refractivity contribution in [2.45, 2.75) is 76.9 Å². The highest BCUT2D eigenvalue weighted by atomic mass is 79.9. The van der Waals surface area contributed by atoms with Crippen molar-refractivity contribution in [3.05, 3.63) is 22.7 Å². The maximum absolute atomic E-state index is 13.3. The number of ether oxygens (including phenoxy) is 3. The quantitative estimate of drug-likeness (QED) is 0.255. The summed E-state index contributed by atoms with van der Waals surface area (Å²) in [7, 11) is 0. The van der Waals surface area contributed by atoms with Crippen LogP contribution >= 0.6 is 15.9 Å². The molecule has 1 aromatic heterocycles. The van der Waals surface area contributed by atoms with Crippen LogP contribution in [0.1, 0.15) is 58.4 Å². The molecule has 1 aromatic carbocycles. The summed E-state index contributed by atoms with van der Waals surface area (Å²) in [5.74, 6) is 0.332. The van der Waals surface area contributed by atoms with Crippen molar-refractivity contribution in [2.24, 2.45) is 5.41 Å². The van der Waals surface area contributed by atoms with E-state index in [9.17, 15) is 31.1 Å². The summed E-state index contributed by atoms with van der Waals surface area (Å²) in [6.45, 7) is 10.7. The van der Waals surface area contributed by atoms with E-state index in [2.05, 4.69) is 27.5 Å². The predicted molar refractivity (Wildman–Crippen MR) is 171 cm³/mol. The van der Waals surface area contributed by atoms with Gasteiger partial charge in [-0.1, -0.05) is 12.7 Å². The molecule has 3 aliphatic heterocycles. The Balaban J connectivity index is 1.39. The molecule has 0 unspecified atom stereocenters. The van der Waals surface area contributed by atoms with Crippen molar-refractivity contribution in [1.82, 2.24) is 19.8 Å². The van der Waals surface area contributed by atoms with Gasteiger partial charge in [0.05, 0.1) is 10.9 Å². The molecule has 3 saturated heterocycles. The second-order valence-electron chi connectivity index (χ2n) is 13.8. The zero-order valence-electron chi connectivity index (χ0n) is 27.1. The number of hydrogen-bond acceptors (Lipinski definition) is 8. The van der Waals surface area contributed by atoms with E-state index < -0.39 is 37.1 Å². The molecule has 16 heteroatoms. The lowest BCUT2D eigenvalue weighted by Crippen LogP contribution is -2.62. The molecular formula is C32H40BrF6N5O4. The third-order valence-corrected chi connectivity index (χ3v) is 9.64. The Morgan fingerprint density at radius 3 is 2.25 bits per heavy atom. The average molecular weight is 753 g/mol. The van der Waals surface area contributed by atoms with Gasteiger partial charge in [-0.25, -0.2) is 4.79 Å². The van der Waals surface area contributed by atoms with Crippen LogP contribution in [-0.2, 0) is 4.74 Å². The summed E-state index contributed by atoms with van der Waals surface area (Å²) >= 11 is 3.37. The second-order valence-corrected chi connectivity index (χ2v) is 14.6. The van der Waals surface area contributed by atoms with Gasteiger partial charge in [0.2, 0.25) is 0 Å². The molecule has 1 amide bonds. The third kappa shape index (κ3) is 8.96. The number of amides is 1. The van der Waals surface area contributed by atoms with Crippen LogP contribution in [-0.4, -0.2) is 102 Å². The molecule has 9 nitrogen and oxygen atoms in total. The molecule has 0 radical (unpaired) electrons. The predicted octanol–water partition coefficient (Wildman–Crippen LogP) is 7.61. The molecule has 3 fully saturated rings. The minimum atomic E-state index is -4.61. The highest BCUT2D eigenvalue weighted by molar-refractivity contribution is 9.10. The number of anilines is 1. The fourth-order valence-electron chi connectivity index (χ4n) is 6.34. The molecule has 1 spiro atoms. The van der Waals surface area contributed by atoms with Gasteiger partial charge in [0.25, 0.3) is 0 Å². The van der Waals surface area contributed by atoms with Crippen LogP contribution in [0.4, 0.5) is 37.0 Å². The smallest absolute Gasteiger partial charge is 0.422 e. The number of rotatable bonds is 8. The summed E-state index contributed by atoms with van der Waals surface area (Å²) in [5, 5.41) is 0.458. The van der Waals surface area contributed by atoms with Gasteiger partial charge in [0.15, 0.2) is 12.4 Å². The maximum Gasteiger partial charge on any atom is 0.422 e. The van der Waals surface area contributed by atoms with Crippen molar-refractivity contribution >= 4 is 44.8 Å². The first-order valence-electron chi connectivity index (χ1n) is 15.9. The van der Waals surface area contributed by atoms with E-state index >= 15 is 0 Å². The summed E-state index contributed by atoms with van der Waals surface area (Å²) < 4.78 is 95.3. The van der Waals surface area contributed by atoms with Gasteiger partial charge >= 0.3 is 24.5 Å². The molecule has 266 valence electrons. The van der Waals surface area contributed by atoms with Crippen LogP contribution in [0.3, 0.4) is 0 Å². The highest BCUT2D eigenvalue weighted by Gasteiger charge is 2.48. The lowest BCUT2D eigenvalue weighted by atomic mass is 9.72. The number of likely N-dealkylation sites (tertiary alicyclic amines) is 2. The Morgan fingerprint density at radius 2 is 1.69 bits per heavy atom. The molecule has 4 heterocycles. The number of halogens is 7. The standard InChI is InChI=1S/C32H40BrF6N5O4/c1-5-20-16-22-24(25(23(20)33)46-19-32(37,38)39)40-27(47-21-6-11-42(12-7-21)13-10-31(34,35)36)41-26(22)43-14-8-30(9-15-43)17-44(18-30)28(45)48-29(2,3)4/h5,16,21H,1,6-15,17-19H2,2-4H3. The van der Waals surface area contributed by atoms with Crippen LogP contribution in [0.2, 0.25) is 0 Å². The Morgan fingerprint density at radius 1 is 1.04 bits per heavy atom. The van der Waals surface area contributed by atoms with Crippen molar-refractivity contribution < 1.29 is 45.3 Å². The second kappa shape index (κ2) is 13.7. The molecule has 0 aliphatic carbocycles. The molecule has 0 saturated carbocycles. The molecule has 0 bridgehead atoms. The third-order valence-electron chi connectivity index (χ3n) is 8.82. The summed E-state index contributed by atoms with van der Waals surface area (Å²) in [4.78, 5) is 27.3. The highest BCUT2D eigenvalue weighted by Crippen LogP contribution is 2.45. The average Bonchev–Trinajstić information content (AvgIpc) is 2.97. The molecule has 0 N–H and O–H groups in total. The minimum Gasteiger partial charge on any atom is -0.481 e. The van der Waals surface area contributed by atoms with Gasteiger partial charge in [-0.3, -0.25) is 0 Å². The first kappa shape index (κ1) is 36.3. The van der Waals surface area contributed by atoms with E-state index in [0.29, 0.717) is 68.9 Å². The van der Waals surface area contributed by atoms with E-state index in [4.69, 9.17) is 19.2 Å². The molecule has 2 aromatic rings. The maximum atomic E-state index is 13.3. The number of benzene rings is 1. The Bertz CT molecular complexity index is 1490. The van der Waals surface area contributed by atoms with Crippen LogP contribution in [0.5, 0.6) is 11.8 Å². The summed E-state index contributed by atoms with van der Waals surface area (Å²) in [6, 6.07) is 1.68. The van der Waals surface area contributed by atoms with Crippen LogP contribution in [0, 0.1) is 5.41 Å². The normalized spacial score (nSPS) is 19.4. The monoisotopic (exact) mass is 751 g/mol. The van der Waals surface area contributed by atoms with E-state index in [1.807, 2.05) is 25.7 Å². The van der Waals surface area contributed by atoms with Crippen molar-refractivity contribution in [3.63, 3.8) is 0 Å². The number of aromatic nitrogens is 2. The molecule has 3 aliphatic rings. The van der Waals surface area contributed by atoms with E-state index in [-0.39, 0.29) is 39.8 Å². The van der Waals surface area contributed by atoms with Crippen molar-refractivity contribution in [3.8, 4) is 11.8 Å². The Labute approximate surface area is 283 Å². The first-order valence-corrected chi connectivity index (χ1v) is 16.7. The van der Waals surface area contributed by atoms with E-state index in [1.54, 1.807) is 15.9 Å². The fraction of sp³-hybridized carbons (Fsp3) is 0.656. The van der Waals surface area contributed by atoms with Crippen LogP contribution < -0.4 is 14.4 Å². The number of nitrogens with zero attached hydrogens (tertiary/aromatic N) is 5. The van der Waals surface area contributed by atoms with Gasteiger partial charge in [-0.05, 0) is 74.0 Å². The number of alkyl halides is 6. The number of fused-ring (bicyclic) bond motifs is 1. The van der Waals surface area contributed by atoms with Crippen molar-refractivity contribution in [1.29, 1.82) is 0 Å². The van der Waals surface area contributed by atoms with Crippen LogP contribution in [0.15, 0.2) is 17.1 Å². The van der Waals surface area contributed by atoms with Gasteiger partial charge in [0.1, 0.15) is 23.0 Å². The lowest BCUT2D eigenvalue weighted by molar-refractivity contribution is -0.153. The summed E-state index contributed by atoms with van der Waals surface area (Å²) in [6.07, 6.45) is -6.63. The Kier molecular flexibility index (Phi) is 10.4. The van der Waals surface area contributed by atoms with Crippen molar-refractivity contribution in [2.75, 3.05) is 57.3 Å². The number of carbonyl (C=O) groups excluding carboxylic acids is 1. The largest absolute Gasteiger partial charge is 0.481 e. The van der Waals surface area contributed by atoms with E-state index in [0.717, 1.165) is 12.8 Å². The number of hydrogen-bond donors (Lipinski definition) is 0. The zero-order chi connectivity index (χ0) is 35.1. The van der Waals surface area contributed by atoms with Gasteiger partial charge in [0, 0.05) is 56.6 Å². The lowest BCUT2D eigenvalue weighted by Gasteiger charge is -2.53. The minimum absolute atomic E-state index is 0.0543. The SMILES string of the molecule is C=Cc1cc2c(N3CCC4(CC3)CN(C(=O)OC(C)(C)C)C4)nc(OC3CCN(CCC(F)(F)F)CC3)nc2c(OCC(F)(F)F)c1Br. The molecule has 48 heavy (non-hydrogen) atoms. The van der Waals surface area contributed by atoms with Crippen LogP contribution in [0.25, 0.3) is 17.0 Å². The Hall–Kier alpha value is -3.01. The zero-order valence-corrected chi connectivity index (χ0v) is 28.7. The molecular weight excluding hydrogens is 712 g/mol. The number of piperidine rings is 2. The number of carbonyl (C=O) groups is 1. The van der Waals surface area contributed by atoms with E-state index in [1.165, 1.54) is 6.08 Å². The topological polar surface area (TPSA) is 80.3 Å². The molecule has 5 rings (SSSR count). The fourth-order valence-corrected chi connectivity index (χ4v) is 6.92.